The minimum Gasteiger partial charge on any atom is -0.313 e. The number of sulfonamides is 1. The van der Waals surface area contributed by atoms with Gasteiger partial charge in [-0.2, -0.15) is 5.10 Å². The SMILES string of the molecule is Cc1ccc(S(=O)(=O)NCCCNCc2cnn(-c3ccccc3C)c2)cc1. The second-order valence-electron chi connectivity index (χ2n) is 6.82. The molecule has 0 aliphatic heterocycles. The van der Waals surface area contributed by atoms with Gasteiger partial charge in [0.2, 0.25) is 10.0 Å². The molecule has 0 fully saturated rings. The van der Waals surface area contributed by atoms with E-state index in [9.17, 15) is 8.42 Å². The first-order valence-corrected chi connectivity index (χ1v) is 10.8. The lowest BCUT2D eigenvalue weighted by molar-refractivity contribution is 0.573. The molecule has 3 aromatic rings. The summed E-state index contributed by atoms with van der Waals surface area (Å²) in [5, 5.41) is 7.75. The summed E-state index contributed by atoms with van der Waals surface area (Å²) in [5.74, 6) is 0. The molecule has 7 heteroatoms. The number of nitrogens with zero attached hydrogens (tertiary/aromatic N) is 2. The van der Waals surface area contributed by atoms with Crippen LogP contribution in [0, 0.1) is 13.8 Å². The van der Waals surface area contributed by atoms with E-state index < -0.39 is 10.0 Å². The predicted octanol–water partition coefficient (Wildman–Crippen LogP) is 2.95. The Balaban J connectivity index is 1.41. The van der Waals surface area contributed by atoms with Gasteiger partial charge in [0, 0.05) is 24.8 Å². The number of hydrogen-bond acceptors (Lipinski definition) is 4. The third kappa shape index (κ3) is 5.28. The molecule has 0 amide bonds. The lowest BCUT2D eigenvalue weighted by atomic mass is 10.2. The summed E-state index contributed by atoms with van der Waals surface area (Å²) < 4.78 is 29.0. The molecule has 0 spiro atoms. The first-order valence-electron chi connectivity index (χ1n) is 9.32. The van der Waals surface area contributed by atoms with E-state index >= 15 is 0 Å². The molecular weight excluding hydrogens is 372 g/mol. The maximum Gasteiger partial charge on any atom is 0.240 e. The zero-order chi connectivity index (χ0) is 20.0. The Morgan fingerprint density at radius 3 is 2.50 bits per heavy atom. The second kappa shape index (κ2) is 9.14. The maximum absolute atomic E-state index is 12.2. The maximum atomic E-state index is 12.2. The zero-order valence-corrected chi connectivity index (χ0v) is 17.0. The molecule has 1 heterocycles. The monoisotopic (exact) mass is 398 g/mol. The van der Waals surface area contributed by atoms with Gasteiger partial charge in [-0.25, -0.2) is 17.8 Å². The number of aromatic nitrogens is 2. The third-order valence-corrected chi connectivity index (χ3v) is 5.96. The Morgan fingerprint density at radius 1 is 1.00 bits per heavy atom. The third-order valence-electron chi connectivity index (χ3n) is 4.48. The minimum atomic E-state index is -3.44. The highest BCUT2D eigenvalue weighted by atomic mass is 32.2. The van der Waals surface area contributed by atoms with Crippen molar-refractivity contribution in [3.63, 3.8) is 0 Å². The number of rotatable bonds is 9. The molecule has 28 heavy (non-hydrogen) atoms. The van der Waals surface area contributed by atoms with E-state index in [4.69, 9.17) is 0 Å². The van der Waals surface area contributed by atoms with Crippen LogP contribution in [0.3, 0.4) is 0 Å². The Hall–Kier alpha value is -2.48. The average molecular weight is 399 g/mol. The van der Waals surface area contributed by atoms with E-state index in [0.717, 1.165) is 16.8 Å². The van der Waals surface area contributed by atoms with Crippen molar-refractivity contribution in [3.8, 4) is 5.69 Å². The zero-order valence-electron chi connectivity index (χ0n) is 16.2. The van der Waals surface area contributed by atoms with Crippen molar-refractivity contribution >= 4 is 10.0 Å². The fourth-order valence-electron chi connectivity index (χ4n) is 2.86. The molecule has 0 aliphatic rings. The first-order chi connectivity index (χ1) is 13.5. The van der Waals surface area contributed by atoms with Crippen LogP contribution in [-0.2, 0) is 16.6 Å². The van der Waals surface area contributed by atoms with Crippen LogP contribution in [0.25, 0.3) is 5.69 Å². The Bertz CT molecular complexity index is 1010. The van der Waals surface area contributed by atoms with Crippen molar-refractivity contribution in [2.24, 2.45) is 0 Å². The van der Waals surface area contributed by atoms with E-state index in [1.54, 1.807) is 24.3 Å². The first kappa shape index (κ1) is 20.3. The van der Waals surface area contributed by atoms with E-state index in [1.165, 1.54) is 5.56 Å². The van der Waals surface area contributed by atoms with Crippen molar-refractivity contribution in [1.82, 2.24) is 19.8 Å². The number of benzene rings is 2. The number of para-hydroxylation sites is 1. The molecule has 148 valence electrons. The van der Waals surface area contributed by atoms with E-state index in [0.29, 0.717) is 31.0 Å². The summed E-state index contributed by atoms with van der Waals surface area (Å²) in [7, 11) is -3.44. The molecule has 2 N–H and O–H groups in total. The topological polar surface area (TPSA) is 76.0 Å². The molecule has 6 nitrogen and oxygen atoms in total. The van der Waals surface area contributed by atoms with Gasteiger partial charge >= 0.3 is 0 Å². The molecule has 3 rings (SSSR count). The quantitative estimate of drug-likeness (QED) is 0.544. The van der Waals surface area contributed by atoms with E-state index in [-0.39, 0.29) is 0 Å². The van der Waals surface area contributed by atoms with Crippen LogP contribution in [0.4, 0.5) is 0 Å². The Labute approximate surface area is 166 Å². The highest BCUT2D eigenvalue weighted by Gasteiger charge is 2.12. The summed E-state index contributed by atoms with van der Waals surface area (Å²) in [6, 6.07) is 15.0. The Kier molecular flexibility index (Phi) is 6.61. The normalized spacial score (nSPS) is 11.6. The average Bonchev–Trinajstić information content (AvgIpc) is 3.14. The Morgan fingerprint density at radius 2 is 1.75 bits per heavy atom. The fourth-order valence-corrected chi connectivity index (χ4v) is 3.93. The van der Waals surface area contributed by atoms with Crippen molar-refractivity contribution in [2.75, 3.05) is 13.1 Å². The van der Waals surface area contributed by atoms with Gasteiger partial charge in [0.25, 0.3) is 0 Å². The smallest absolute Gasteiger partial charge is 0.240 e. The molecule has 0 radical (unpaired) electrons. The van der Waals surface area contributed by atoms with Gasteiger partial charge in [-0.1, -0.05) is 35.9 Å². The molecule has 0 saturated carbocycles. The largest absolute Gasteiger partial charge is 0.313 e. The van der Waals surface area contributed by atoms with Crippen molar-refractivity contribution in [1.29, 1.82) is 0 Å². The van der Waals surface area contributed by atoms with Gasteiger partial charge in [-0.05, 0) is 50.6 Å². The highest BCUT2D eigenvalue weighted by molar-refractivity contribution is 7.89. The highest BCUT2D eigenvalue weighted by Crippen LogP contribution is 2.13. The van der Waals surface area contributed by atoms with Gasteiger partial charge < -0.3 is 5.32 Å². The van der Waals surface area contributed by atoms with Crippen molar-refractivity contribution in [3.05, 3.63) is 77.6 Å². The van der Waals surface area contributed by atoms with Gasteiger partial charge in [-0.15, -0.1) is 0 Å². The summed E-state index contributed by atoms with van der Waals surface area (Å²) >= 11 is 0. The van der Waals surface area contributed by atoms with Crippen LogP contribution < -0.4 is 10.0 Å². The lowest BCUT2D eigenvalue weighted by Crippen LogP contribution is -2.27. The van der Waals surface area contributed by atoms with Gasteiger partial charge in [0.1, 0.15) is 0 Å². The summed E-state index contributed by atoms with van der Waals surface area (Å²) in [6.45, 7) is 5.79. The second-order valence-corrected chi connectivity index (χ2v) is 8.59. The van der Waals surface area contributed by atoms with Gasteiger partial charge in [0.15, 0.2) is 0 Å². The number of aryl methyl sites for hydroxylation is 2. The van der Waals surface area contributed by atoms with Crippen molar-refractivity contribution < 1.29 is 8.42 Å². The molecule has 0 bridgehead atoms. The predicted molar refractivity (Wildman–Crippen MR) is 111 cm³/mol. The molecule has 0 atom stereocenters. The number of hydrogen-bond donors (Lipinski definition) is 2. The molecule has 2 aromatic carbocycles. The molecule has 0 saturated heterocycles. The van der Waals surface area contributed by atoms with E-state index in [2.05, 4.69) is 28.1 Å². The fraction of sp³-hybridized carbons (Fsp3) is 0.286. The number of nitrogens with one attached hydrogen (secondary N) is 2. The van der Waals surface area contributed by atoms with Crippen LogP contribution in [0.15, 0.2) is 65.8 Å². The van der Waals surface area contributed by atoms with Gasteiger partial charge in [0.05, 0.1) is 16.8 Å². The van der Waals surface area contributed by atoms with Crippen LogP contribution in [-0.4, -0.2) is 31.3 Å². The van der Waals surface area contributed by atoms with Crippen molar-refractivity contribution in [2.45, 2.75) is 31.7 Å². The van der Waals surface area contributed by atoms with Crippen LogP contribution >= 0.6 is 0 Å². The summed E-state index contributed by atoms with van der Waals surface area (Å²) in [4.78, 5) is 0.301. The molecular formula is C21H26N4O2S. The summed E-state index contributed by atoms with van der Waals surface area (Å²) in [6.07, 6.45) is 4.56. The van der Waals surface area contributed by atoms with Crippen LogP contribution in [0.5, 0.6) is 0 Å². The minimum absolute atomic E-state index is 0.301. The van der Waals surface area contributed by atoms with Crippen LogP contribution in [0.1, 0.15) is 23.1 Å². The molecule has 1 aromatic heterocycles. The van der Waals surface area contributed by atoms with Crippen LogP contribution in [0.2, 0.25) is 0 Å². The van der Waals surface area contributed by atoms with E-state index in [1.807, 2.05) is 42.2 Å². The molecule has 0 aliphatic carbocycles. The standard InChI is InChI=1S/C21H26N4O2S/c1-17-8-10-20(11-9-17)28(26,27)24-13-5-12-22-14-19-15-23-25(16-19)21-7-4-3-6-18(21)2/h3-4,6-11,15-16,22,24H,5,12-14H2,1-2H3. The molecule has 0 unspecified atom stereocenters. The van der Waals surface area contributed by atoms with Gasteiger partial charge in [-0.3, -0.25) is 0 Å². The lowest BCUT2D eigenvalue weighted by Gasteiger charge is -2.07. The summed E-state index contributed by atoms with van der Waals surface area (Å²) in [5.41, 5.74) is 4.36.